The summed E-state index contributed by atoms with van der Waals surface area (Å²) < 4.78 is 11.5. The van der Waals surface area contributed by atoms with E-state index >= 15 is 0 Å². The van der Waals surface area contributed by atoms with Crippen molar-refractivity contribution in [2.45, 2.75) is 0 Å². The number of para-hydroxylation sites is 1. The Kier molecular flexibility index (Phi) is 6.63. The second kappa shape index (κ2) is 11.7. The van der Waals surface area contributed by atoms with Crippen LogP contribution in [0.4, 0.5) is 17.1 Å². The molecule has 8 aromatic carbocycles. The number of thiophene rings is 2. The lowest BCUT2D eigenvalue weighted by atomic mass is 10.0. The summed E-state index contributed by atoms with van der Waals surface area (Å²) in [6.45, 7) is 0. The van der Waals surface area contributed by atoms with Crippen molar-refractivity contribution >= 4 is 102 Å². The molecule has 0 spiro atoms. The van der Waals surface area contributed by atoms with Gasteiger partial charge in [0.2, 0.25) is 0 Å². The van der Waals surface area contributed by atoms with Gasteiger partial charge in [-0.05, 0) is 101 Å². The third-order valence-corrected chi connectivity index (χ3v) is 12.6. The van der Waals surface area contributed by atoms with Crippen molar-refractivity contribution in [2.24, 2.45) is 0 Å². The fourth-order valence-electron chi connectivity index (χ4n) is 7.81. The molecule has 0 N–H and O–H groups in total. The Hall–Kier alpha value is -6.20. The number of hydrogen-bond donors (Lipinski definition) is 0. The molecule has 0 aliphatic rings. The normalized spacial score (nSPS) is 11.8. The zero-order chi connectivity index (χ0) is 34.2. The van der Waals surface area contributed by atoms with E-state index in [2.05, 4.69) is 169 Å². The van der Waals surface area contributed by atoms with Gasteiger partial charge in [0.1, 0.15) is 11.2 Å². The maximum Gasteiger partial charge on any atom is 0.136 e. The minimum absolute atomic E-state index is 0.902. The topological polar surface area (TPSA) is 16.4 Å². The summed E-state index contributed by atoms with van der Waals surface area (Å²) in [4.78, 5) is 2.42. The van der Waals surface area contributed by atoms with Crippen molar-refractivity contribution in [1.82, 2.24) is 0 Å². The Bertz CT molecular complexity index is 3150. The van der Waals surface area contributed by atoms with E-state index in [-0.39, 0.29) is 0 Å². The van der Waals surface area contributed by atoms with Crippen molar-refractivity contribution in [3.05, 3.63) is 176 Å². The summed E-state index contributed by atoms with van der Waals surface area (Å²) in [7, 11) is 0. The summed E-state index contributed by atoms with van der Waals surface area (Å²) >= 11 is 3.71. The van der Waals surface area contributed by atoms with Gasteiger partial charge in [-0.15, -0.1) is 22.7 Å². The van der Waals surface area contributed by atoms with Crippen LogP contribution in [0.2, 0.25) is 0 Å². The average molecular weight is 700 g/mol. The Morgan fingerprint density at radius 2 is 0.962 bits per heavy atom. The molecular formula is C48H29NOS2. The third kappa shape index (κ3) is 4.69. The van der Waals surface area contributed by atoms with Gasteiger partial charge in [0.25, 0.3) is 0 Å². The Labute approximate surface area is 308 Å². The molecule has 0 radical (unpaired) electrons. The lowest BCUT2D eigenvalue weighted by molar-refractivity contribution is 0.669. The molecule has 0 aliphatic heterocycles. The molecule has 52 heavy (non-hydrogen) atoms. The van der Waals surface area contributed by atoms with Crippen LogP contribution < -0.4 is 4.90 Å². The number of anilines is 3. The lowest BCUT2D eigenvalue weighted by Crippen LogP contribution is -2.10. The summed E-state index contributed by atoms with van der Waals surface area (Å²) in [5.41, 5.74) is 9.88. The largest absolute Gasteiger partial charge is 0.456 e. The monoisotopic (exact) mass is 699 g/mol. The third-order valence-electron chi connectivity index (χ3n) is 10.3. The van der Waals surface area contributed by atoms with Crippen molar-refractivity contribution in [3.63, 3.8) is 0 Å². The molecule has 4 heteroatoms. The maximum atomic E-state index is 6.29. The van der Waals surface area contributed by atoms with Crippen LogP contribution in [0.15, 0.2) is 180 Å². The minimum atomic E-state index is 0.902. The quantitative estimate of drug-likeness (QED) is 0.178. The molecule has 3 heterocycles. The summed E-state index contributed by atoms with van der Waals surface area (Å²) in [5.74, 6) is 0. The average Bonchev–Trinajstić information content (AvgIpc) is 3.89. The first-order valence-electron chi connectivity index (χ1n) is 17.5. The molecule has 11 aromatic rings. The van der Waals surface area contributed by atoms with E-state index in [4.69, 9.17) is 4.42 Å². The van der Waals surface area contributed by atoms with Crippen molar-refractivity contribution in [1.29, 1.82) is 0 Å². The first kappa shape index (κ1) is 29.5. The van der Waals surface area contributed by atoms with Gasteiger partial charge < -0.3 is 9.32 Å². The number of furan rings is 1. The summed E-state index contributed by atoms with van der Waals surface area (Å²) in [6.07, 6.45) is 0. The number of rotatable bonds is 5. The van der Waals surface area contributed by atoms with Crippen molar-refractivity contribution in [3.8, 4) is 22.3 Å². The molecule has 0 atom stereocenters. The highest BCUT2D eigenvalue weighted by atomic mass is 32.1. The van der Waals surface area contributed by atoms with Crippen molar-refractivity contribution < 1.29 is 4.42 Å². The minimum Gasteiger partial charge on any atom is -0.456 e. The Balaban J connectivity index is 1.06. The van der Waals surface area contributed by atoms with Gasteiger partial charge in [-0.25, -0.2) is 0 Å². The molecule has 0 fully saturated rings. The van der Waals surface area contributed by atoms with E-state index in [1.807, 2.05) is 34.8 Å². The molecular weight excluding hydrogens is 671 g/mol. The molecule has 0 saturated carbocycles. The SMILES string of the molecule is c1cc(-c2ccc3c(c2)oc2ccccc23)cc(N(c2ccc(-c3ccc4sc5ccccc5c4c3)cc2)c2cccc3sc4ccccc4c23)c1. The highest BCUT2D eigenvalue weighted by Gasteiger charge is 2.19. The molecule has 0 amide bonds. The second-order valence-electron chi connectivity index (χ2n) is 13.3. The molecule has 0 bridgehead atoms. The lowest BCUT2D eigenvalue weighted by Gasteiger charge is -2.27. The number of benzene rings is 8. The standard InChI is InChI=1S/C48H29NOS2/c1-4-15-42-36(11-1)37-25-21-33(29-43(37)50-42)31-9-7-10-35(27-31)49(41-14-8-18-47-48(41)39-13-3-6-17-45(39)52-47)34-23-19-30(20-24-34)32-22-26-46-40(28-32)38-12-2-5-16-44(38)51-46/h1-29H. The maximum absolute atomic E-state index is 6.29. The number of fused-ring (bicyclic) bond motifs is 9. The Morgan fingerprint density at radius 3 is 1.85 bits per heavy atom. The summed E-state index contributed by atoms with van der Waals surface area (Å²) in [6, 6.07) is 63.8. The van der Waals surface area contributed by atoms with E-state index in [1.165, 1.54) is 57.2 Å². The molecule has 0 unspecified atom stereocenters. The zero-order valence-electron chi connectivity index (χ0n) is 27.9. The fraction of sp³-hybridized carbons (Fsp3) is 0. The van der Waals surface area contributed by atoms with Crippen LogP contribution in [0, 0.1) is 0 Å². The van der Waals surface area contributed by atoms with Gasteiger partial charge in [-0.1, -0.05) is 97.1 Å². The predicted molar refractivity (Wildman–Crippen MR) is 225 cm³/mol. The van der Waals surface area contributed by atoms with Crippen LogP contribution in [0.3, 0.4) is 0 Å². The molecule has 0 saturated heterocycles. The van der Waals surface area contributed by atoms with E-state index < -0.39 is 0 Å². The highest BCUT2D eigenvalue weighted by Crippen LogP contribution is 2.46. The molecule has 3 aromatic heterocycles. The van der Waals surface area contributed by atoms with E-state index in [0.29, 0.717) is 0 Å². The zero-order valence-corrected chi connectivity index (χ0v) is 29.5. The van der Waals surface area contributed by atoms with E-state index in [0.717, 1.165) is 44.4 Å². The second-order valence-corrected chi connectivity index (χ2v) is 15.5. The highest BCUT2D eigenvalue weighted by molar-refractivity contribution is 7.26. The predicted octanol–water partition coefficient (Wildman–Crippen LogP) is 15.1. The first-order chi connectivity index (χ1) is 25.7. The fourth-order valence-corrected chi connectivity index (χ4v) is 10.0. The van der Waals surface area contributed by atoms with Crippen LogP contribution >= 0.6 is 22.7 Å². The van der Waals surface area contributed by atoms with Gasteiger partial charge in [0, 0.05) is 62.5 Å². The van der Waals surface area contributed by atoms with Gasteiger partial charge in [-0.3, -0.25) is 0 Å². The van der Waals surface area contributed by atoms with Crippen LogP contribution in [0.5, 0.6) is 0 Å². The van der Waals surface area contributed by atoms with Crippen molar-refractivity contribution in [2.75, 3.05) is 4.90 Å². The Morgan fingerprint density at radius 1 is 0.346 bits per heavy atom. The van der Waals surface area contributed by atoms with Crippen LogP contribution in [-0.2, 0) is 0 Å². The molecule has 11 rings (SSSR count). The van der Waals surface area contributed by atoms with Gasteiger partial charge in [-0.2, -0.15) is 0 Å². The van der Waals surface area contributed by atoms with E-state index in [1.54, 1.807) is 0 Å². The molecule has 244 valence electrons. The first-order valence-corrected chi connectivity index (χ1v) is 19.1. The van der Waals surface area contributed by atoms with Crippen LogP contribution in [0.1, 0.15) is 0 Å². The van der Waals surface area contributed by atoms with Crippen LogP contribution in [0.25, 0.3) is 84.5 Å². The van der Waals surface area contributed by atoms with Crippen LogP contribution in [-0.4, -0.2) is 0 Å². The van der Waals surface area contributed by atoms with Gasteiger partial charge in [0.15, 0.2) is 0 Å². The summed E-state index contributed by atoms with van der Waals surface area (Å²) in [5, 5.41) is 7.48. The smallest absolute Gasteiger partial charge is 0.136 e. The van der Waals surface area contributed by atoms with Gasteiger partial charge in [0.05, 0.1) is 5.69 Å². The molecule has 0 aliphatic carbocycles. The number of hydrogen-bond acceptors (Lipinski definition) is 4. The van der Waals surface area contributed by atoms with E-state index in [9.17, 15) is 0 Å². The molecule has 2 nitrogen and oxygen atoms in total. The van der Waals surface area contributed by atoms with Gasteiger partial charge >= 0.3 is 0 Å². The number of nitrogens with zero attached hydrogens (tertiary/aromatic N) is 1.